The largest absolute Gasteiger partial charge is 0.494 e. The van der Waals surface area contributed by atoms with Gasteiger partial charge in [-0.3, -0.25) is 10.00 Å². The standard InChI is InChI=1S/C18H18N6O5/c1-23-16(11(9-19)10-20-23)22-18(25)28-13-4-3-12(26-2)14-15(13)29-17(21-14)24-5-7-27-8-6-24/h3-4,10H,5-8H2,1-2H3,(H,22,25). The van der Waals surface area contributed by atoms with Crippen molar-refractivity contribution in [1.82, 2.24) is 14.8 Å². The van der Waals surface area contributed by atoms with Gasteiger partial charge in [0.15, 0.2) is 17.1 Å². The van der Waals surface area contributed by atoms with Crippen LogP contribution >= 0.6 is 0 Å². The maximum absolute atomic E-state index is 12.4. The number of hydrogen-bond donors (Lipinski definition) is 1. The zero-order valence-electron chi connectivity index (χ0n) is 15.8. The minimum Gasteiger partial charge on any atom is -0.494 e. The highest BCUT2D eigenvalue weighted by Crippen LogP contribution is 2.36. The van der Waals surface area contributed by atoms with E-state index in [2.05, 4.69) is 15.4 Å². The van der Waals surface area contributed by atoms with Crippen LogP contribution in [0.15, 0.2) is 22.7 Å². The van der Waals surface area contributed by atoms with Crippen LogP contribution in [0.5, 0.6) is 11.5 Å². The summed E-state index contributed by atoms with van der Waals surface area (Å²) in [5.74, 6) is 0.897. The first-order valence-electron chi connectivity index (χ1n) is 8.82. The van der Waals surface area contributed by atoms with E-state index in [1.807, 2.05) is 11.0 Å². The van der Waals surface area contributed by atoms with Gasteiger partial charge in [0.2, 0.25) is 5.58 Å². The SMILES string of the molecule is COc1ccc(OC(=O)Nc2c(C#N)cnn2C)c2oc(N3CCOCC3)nc12. The molecule has 1 aliphatic rings. The van der Waals surface area contributed by atoms with E-state index >= 15 is 0 Å². The molecular formula is C18H18N6O5. The molecule has 0 bridgehead atoms. The summed E-state index contributed by atoms with van der Waals surface area (Å²) in [6, 6.07) is 5.55. The Labute approximate surface area is 165 Å². The fraction of sp³-hybridized carbons (Fsp3) is 0.333. The van der Waals surface area contributed by atoms with E-state index in [4.69, 9.17) is 23.9 Å². The second-order valence-corrected chi connectivity index (χ2v) is 6.20. The first kappa shape index (κ1) is 18.6. The Bertz CT molecular complexity index is 1090. The fourth-order valence-electron chi connectivity index (χ4n) is 2.97. The van der Waals surface area contributed by atoms with Crippen LogP contribution in [0.25, 0.3) is 11.1 Å². The van der Waals surface area contributed by atoms with Crippen LogP contribution in [-0.2, 0) is 11.8 Å². The highest BCUT2D eigenvalue weighted by atomic mass is 16.6. The van der Waals surface area contributed by atoms with E-state index in [1.54, 1.807) is 19.2 Å². The number of nitrogens with one attached hydrogen (secondary N) is 1. The van der Waals surface area contributed by atoms with Gasteiger partial charge in [-0.1, -0.05) is 0 Å². The lowest BCUT2D eigenvalue weighted by Gasteiger charge is -2.24. The molecule has 0 atom stereocenters. The Morgan fingerprint density at radius 3 is 2.79 bits per heavy atom. The number of ether oxygens (including phenoxy) is 3. The third kappa shape index (κ3) is 3.53. The zero-order valence-corrected chi connectivity index (χ0v) is 15.8. The van der Waals surface area contributed by atoms with Crippen LogP contribution in [-0.4, -0.2) is 54.3 Å². The Morgan fingerprint density at radius 2 is 2.07 bits per heavy atom. The summed E-state index contributed by atoms with van der Waals surface area (Å²) in [7, 11) is 3.13. The fourth-order valence-corrected chi connectivity index (χ4v) is 2.97. The molecule has 11 heteroatoms. The molecule has 4 rings (SSSR count). The van der Waals surface area contributed by atoms with Crippen LogP contribution in [0.1, 0.15) is 5.56 Å². The van der Waals surface area contributed by atoms with Crippen molar-refractivity contribution in [2.24, 2.45) is 7.05 Å². The number of rotatable bonds is 4. The Kier molecular flexibility index (Phi) is 4.92. The molecule has 1 aliphatic heterocycles. The van der Waals surface area contributed by atoms with Crippen molar-refractivity contribution in [1.29, 1.82) is 5.26 Å². The summed E-state index contributed by atoms with van der Waals surface area (Å²) >= 11 is 0. The number of carbonyl (C=O) groups excluding carboxylic acids is 1. The summed E-state index contributed by atoms with van der Waals surface area (Å²) in [5, 5.41) is 15.6. The molecule has 1 fully saturated rings. The molecule has 0 radical (unpaired) electrons. The lowest BCUT2D eigenvalue weighted by atomic mass is 10.3. The van der Waals surface area contributed by atoms with Crippen molar-refractivity contribution in [3.63, 3.8) is 0 Å². The number of fused-ring (bicyclic) bond motifs is 1. The zero-order chi connectivity index (χ0) is 20.4. The summed E-state index contributed by atoms with van der Waals surface area (Å²) in [6.45, 7) is 2.44. The van der Waals surface area contributed by atoms with Gasteiger partial charge in [-0.2, -0.15) is 15.3 Å². The summed E-state index contributed by atoms with van der Waals surface area (Å²) in [6.07, 6.45) is 0.563. The van der Waals surface area contributed by atoms with Crippen molar-refractivity contribution >= 4 is 29.0 Å². The predicted octanol–water partition coefficient (Wildman–Crippen LogP) is 1.89. The molecular weight excluding hydrogens is 380 g/mol. The first-order valence-corrected chi connectivity index (χ1v) is 8.82. The number of anilines is 2. The Morgan fingerprint density at radius 1 is 1.31 bits per heavy atom. The number of aryl methyl sites for hydroxylation is 1. The monoisotopic (exact) mass is 398 g/mol. The number of oxazole rings is 1. The van der Waals surface area contributed by atoms with Crippen LogP contribution in [0, 0.1) is 11.3 Å². The van der Waals surface area contributed by atoms with Gasteiger partial charge in [-0.15, -0.1) is 0 Å². The third-order valence-electron chi connectivity index (χ3n) is 4.44. The molecule has 1 N–H and O–H groups in total. The lowest BCUT2D eigenvalue weighted by molar-refractivity contribution is 0.120. The number of benzene rings is 1. The molecule has 0 aliphatic carbocycles. The van der Waals surface area contributed by atoms with Crippen LogP contribution in [0.4, 0.5) is 16.6 Å². The van der Waals surface area contributed by atoms with E-state index < -0.39 is 6.09 Å². The topological polar surface area (TPSA) is 128 Å². The molecule has 29 heavy (non-hydrogen) atoms. The number of amides is 1. The summed E-state index contributed by atoms with van der Waals surface area (Å²) in [5.41, 5.74) is 0.947. The van der Waals surface area contributed by atoms with Gasteiger partial charge in [-0.05, 0) is 12.1 Å². The van der Waals surface area contributed by atoms with E-state index in [9.17, 15) is 4.79 Å². The average molecular weight is 398 g/mol. The van der Waals surface area contributed by atoms with Gasteiger partial charge in [0.05, 0.1) is 26.5 Å². The molecule has 3 aromatic rings. The van der Waals surface area contributed by atoms with Gasteiger partial charge in [0, 0.05) is 20.1 Å². The predicted molar refractivity (Wildman–Crippen MR) is 101 cm³/mol. The second-order valence-electron chi connectivity index (χ2n) is 6.20. The molecule has 0 spiro atoms. The minimum absolute atomic E-state index is 0.172. The summed E-state index contributed by atoms with van der Waals surface area (Å²) < 4.78 is 23.4. The Hall–Kier alpha value is -3.78. The van der Waals surface area contributed by atoms with Gasteiger partial charge in [0.25, 0.3) is 6.01 Å². The number of nitriles is 1. The van der Waals surface area contributed by atoms with Crippen LogP contribution < -0.4 is 19.7 Å². The highest BCUT2D eigenvalue weighted by molar-refractivity contribution is 5.92. The smallest absolute Gasteiger partial charge is 0.418 e. The third-order valence-corrected chi connectivity index (χ3v) is 4.44. The van der Waals surface area contributed by atoms with Crippen molar-refractivity contribution in [2.75, 3.05) is 43.6 Å². The number of carbonyl (C=O) groups is 1. The molecule has 150 valence electrons. The molecule has 1 saturated heterocycles. The van der Waals surface area contributed by atoms with Crippen LogP contribution in [0.2, 0.25) is 0 Å². The van der Waals surface area contributed by atoms with Crippen LogP contribution in [0.3, 0.4) is 0 Å². The van der Waals surface area contributed by atoms with Crippen molar-refractivity contribution in [3.05, 3.63) is 23.9 Å². The molecule has 1 amide bonds. The molecule has 0 saturated carbocycles. The van der Waals surface area contributed by atoms with Gasteiger partial charge >= 0.3 is 6.09 Å². The number of methoxy groups -OCH3 is 1. The minimum atomic E-state index is -0.791. The van der Waals surface area contributed by atoms with E-state index in [1.165, 1.54) is 18.0 Å². The molecule has 0 unspecified atom stereocenters. The van der Waals surface area contributed by atoms with Crippen molar-refractivity contribution < 1.29 is 23.4 Å². The lowest BCUT2D eigenvalue weighted by Crippen LogP contribution is -2.36. The molecule has 2 aromatic heterocycles. The molecule has 3 heterocycles. The number of nitrogens with zero attached hydrogens (tertiary/aromatic N) is 5. The number of aromatic nitrogens is 3. The normalized spacial score (nSPS) is 13.9. The van der Waals surface area contributed by atoms with E-state index in [0.717, 1.165) is 0 Å². The highest BCUT2D eigenvalue weighted by Gasteiger charge is 2.23. The average Bonchev–Trinajstić information content (AvgIpc) is 3.34. The Balaban J connectivity index is 1.63. The maximum Gasteiger partial charge on any atom is 0.418 e. The maximum atomic E-state index is 12.4. The van der Waals surface area contributed by atoms with Crippen molar-refractivity contribution in [2.45, 2.75) is 0 Å². The molecule has 1 aromatic carbocycles. The number of hydrogen-bond acceptors (Lipinski definition) is 9. The quantitative estimate of drug-likeness (QED) is 0.700. The van der Waals surface area contributed by atoms with Gasteiger partial charge < -0.3 is 23.5 Å². The van der Waals surface area contributed by atoms with E-state index in [0.29, 0.717) is 43.6 Å². The first-order chi connectivity index (χ1) is 14.1. The van der Waals surface area contributed by atoms with Gasteiger partial charge in [-0.25, -0.2) is 4.79 Å². The second kappa shape index (κ2) is 7.69. The molecule has 11 nitrogen and oxygen atoms in total. The summed E-state index contributed by atoms with van der Waals surface area (Å²) in [4.78, 5) is 18.9. The van der Waals surface area contributed by atoms with Gasteiger partial charge in [0.1, 0.15) is 17.4 Å². The van der Waals surface area contributed by atoms with E-state index in [-0.39, 0.29) is 22.7 Å². The van der Waals surface area contributed by atoms with Crippen molar-refractivity contribution in [3.8, 4) is 17.6 Å². The number of morpholine rings is 1.